The SMILES string of the molecule is Cc1cccc2c1OCCO2.Cc1cccc2occc12. The second kappa shape index (κ2) is 5.92. The summed E-state index contributed by atoms with van der Waals surface area (Å²) < 4.78 is 16.0. The molecule has 0 spiro atoms. The minimum absolute atomic E-state index is 0.663. The maximum Gasteiger partial charge on any atom is 0.164 e. The molecule has 0 atom stereocenters. The van der Waals surface area contributed by atoms with Gasteiger partial charge in [0.15, 0.2) is 11.5 Å². The van der Waals surface area contributed by atoms with Gasteiger partial charge in [0.25, 0.3) is 0 Å². The third-order valence-corrected chi connectivity index (χ3v) is 3.48. The Hall–Kier alpha value is -2.42. The summed E-state index contributed by atoms with van der Waals surface area (Å²) in [5.74, 6) is 1.77. The molecule has 0 N–H and O–H groups in total. The molecule has 1 aliphatic rings. The van der Waals surface area contributed by atoms with E-state index >= 15 is 0 Å². The van der Waals surface area contributed by atoms with Crippen LogP contribution < -0.4 is 9.47 Å². The minimum atomic E-state index is 0.663. The zero-order valence-electron chi connectivity index (χ0n) is 12.3. The number of aryl methyl sites for hydroxylation is 2. The van der Waals surface area contributed by atoms with Gasteiger partial charge in [-0.2, -0.15) is 0 Å². The number of hydrogen-bond acceptors (Lipinski definition) is 3. The van der Waals surface area contributed by atoms with E-state index in [1.165, 1.54) is 10.9 Å². The average molecular weight is 282 g/mol. The summed E-state index contributed by atoms with van der Waals surface area (Å²) in [6.07, 6.45) is 1.72. The normalized spacial score (nSPS) is 12.7. The number of hydrogen-bond donors (Lipinski definition) is 0. The quantitative estimate of drug-likeness (QED) is 0.608. The Morgan fingerprint density at radius 2 is 1.57 bits per heavy atom. The van der Waals surface area contributed by atoms with Gasteiger partial charge < -0.3 is 13.9 Å². The summed E-state index contributed by atoms with van der Waals surface area (Å²) in [7, 11) is 0. The molecule has 0 bridgehead atoms. The maximum atomic E-state index is 5.43. The summed E-state index contributed by atoms with van der Waals surface area (Å²) in [5, 5.41) is 1.21. The fraction of sp³-hybridized carbons (Fsp3) is 0.222. The van der Waals surface area contributed by atoms with E-state index in [0.717, 1.165) is 22.6 Å². The van der Waals surface area contributed by atoms with E-state index < -0.39 is 0 Å². The van der Waals surface area contributed by atoms with Crippen LogP contribution in [-0.2, 0) is 0 Å². The Morgan fingerprint density at radius 1 is 0.810 bits per heavy atom. The molecule has 0 amide bonds. The number of rotatable bonds is 0. The third-order valence-electron chi connectivity index (χ3n) is 3.48. The van der Waals surface area contributed by atoms with Gasteiger partial charge >= 0.3 is 0 Å². The van der Waals surface area contributed by atoms with E-state index in [-0.39, 0.29) is 0 Å². The molecule has 3 aromatic rings. The molecule has 3 heteroatoms. The van der Waals surface area contributed by atoms with Crippen molar-refractivity contribution in [2.45, 2.75) is 13.8 Å². The van der Waals surface area contributed by atoms with Crippen molar-refractivity contribution in [3.63, 3.8) is 0 Å². The second-order valence-electron chi connectivity index (χ2n) is 5.01. The molecule has 0 fully saturated rings. The van der Waals surface area contributed by atoms with E-state index in [0.29, 0.717) is 13.2 Å². The van der Waals surface area contributed by atoms with Crippen LogP contribution in [0.4, 0.5) is 0 Å². The summed E-state index contributed by atoms with van der Waals surface area (Å²) in [6.45, 7) is 5.43. The second-order valence-corrected chi connectivity index (χ2v) is 5.01. The molecule has 2 heterocycles. The molecule has 108 valence electrons. The fourth-order valence-electron chi connectivity index (χ4n) is 2.36. The molecule has 0 aliphatic carbocycles. The summed E-state index contributed by atoms with van der Waals surface area (Å²) in [5.41, 5.74) is 3.38. The average Bonchev–Trinajstić information content (AvgIpc) is 2.99. The Kier molecular flexibility index (Phi) is 3.82. The number of para-hydroxylation sites is 1. The van der Waals surface area contributed by atoms with E-state index in [4.69, 9.17) is 13.9 Å². The van der Waals surface area contributed by atoms with Crippen LogP contribution in [0, 0.1) is 13.8 Å². The van der Waals surface area contributed by atoms with Crippen molar-refractivity contribution < 1.29 is 13.9 Å². The number of benzene rings is 2. The molecular formula is C18H18O3. The van der Waals surface area contributed by atoms with Gasteiger partial charge in [-0.3, -0.25) is 0 Å². The first kappa shape index (κ1) is 13.6. The minimum Gasteiger partial charge on any atom is -0.486 e. The van der Waals surface area contributed by atoms with Gasteiger partial charge in [0.2, 0.25) is 0 Å². The van der Waals surface area contributed by atoms with Crippen LogP contribution in [0.25, 0.3) is 11.0 Å². The van der Waals surface area contributed by atoms with Crippen LogP contribution in [0.5, 0.6) is 11.5 Å². The highest BCUT2D eigenvalue weighted by Gasteiger charge is 2.11. The maximum absolute atomic E-state index is 5.43. The van der Waals surface area contributed by atoms with Gasteiger partial charge in [-0.25, -0.2) is 0 Å². The highest BCUT2D eigenvalue weighted by atomic mass is 16.6. The molecule has 0 radical (unpaired) electrons. The topological polar surface area (TPSA) is 31.6 Å². The molecule has 21 heavy (non-hydrogen) atoms. The number of fused-ring (bicyclic) bond motifs is 2. The van der Waals surface area contributed by atoms with Gasteiger partial charge in [-0.15, -0.1) is 0 Å². The summed E-state index contributed by atoms with van der Waals surface area (Å²) in [4.78, 5) is 0. The monoisotopic (exact) mass is 282 g/mol. The van der Waals surface area contributed by atoms with Gasteiger partial charge in [-0.05, 0) is 43.2 Å². The van der Waals surface area contributed by atoms with E-state index in [9.17, 15) is 0 Å². The van der Waals surface area contributed by atoms with Crippen LogP contribution in [0.3, 0.4) is 0 Å². The van der Waals surface area contributed by atoms with Crippen LogP contribution >= 0.6 is 0 Å². The third kappa shape index (κ3) is 2.87. The molecule has 4 rings (SSSR count). The highest BCUT2D eigenvalue weighted by molar-refractivity contribution is 5.80. The highest BCUT2D eigenvalue weighted by Crippen LogP contribution is 2.32. The lowest BCUT2D eigenvalue weighted by molar-refractivity contribution is 0.170. The zero-order chi connectivity index (χ0) is 14.7. The predicted octanol–water partition coefficient (Wildman–Crippen LogP) is 4.51. The van der Waals surface area contributed by atoms with Gasteiger partial charge in [0.1, 0.15) is 18.8 Å². The summed E-state index contributed by atoms with van der Waals surface area (Å²) >= 11 is 0. The molecular weight excluding hydrogens is 264 g/mol. The first-order valence-corrected chi connectivity index (χ1v) is 7.04. The van der Waals surface area contributed by atoms with Gasteiger partial charge in [-0.1, -0.05) is 24.3 Å². The molecule has 0 saturated heterocycles. The number of furan rings is 1. The predicted molar refractivity (Wildman–Crippen MR) is 83.1 cm³/mol. The Labute approximate surface area is 124 Å². The van der Waals surface area contributed by atoms with Crippen LogP contribution in [0.1, 0.15) is 11.1 Å². The van der Waals surface area contributed by atoms with Crippen LogP contribution in [0.15, 0.2) is 53.1 Å². The standard InChI is InChI=1S/C9H10O2.C9H8O/c1-7-3-2-4-8-9(7)11-6-5-10-8;1-7-3-2-4-9-8(7)5-6-10-9/h2-4H,5-6H2,1H3;2-6H,1H3. The lowest BCUT2D eigenvalue weighted by Crippen LogP contribution is -2.15. The van der Waals surface area contributed by atoms with Crippen LogP contribution in [-0.4, -0.2) is 13.2 Å². The molecule has 1 aliphatic heterocycles. The zero-order valence-corrected chi connectivity index (χ0v) is 12.3. The van der Waals surface area contributed by atoms with Crippen molar-refractivity contribution >= 4 is 11.0 Å². The first-order chi connectivity index (χ1) is 10.3. The smallest absolute Gasteiger partial charge is 0.164 e. The Bertz CT molecular complexity index is 743. The van der Waals surface area contributed by atoms with E-state index in [2.05, 4.69) is 13.0 Å². The fourth-order valence-corrected chi connectivity index (χ4v) is 2.36. The Morgan fingerprint density at radius 3 is 2.38 bits per heavy atom. The van der Waals surface area contributed by atoms with Crippen LogP contribution in [0.2, 0.25) is 0 Å². The lowest BCUT2D eigenvalue weighted by atomic mass is 10.1. The van der Waals surface area contributed by atoms with E-state index in [1.807, 2.05) is 43.3 Å². The molecule has 2 aromatic carbocycles. The Balaban J connectivity index is 0.000000126. The van der Waals surface area contributed by atoms with Crippen molar-refractivity contribution in [2.24, 2.45) is 0 Å². The largest absolute Gasteiger partial charge is 0.486 e. The van der Waals surface area contributed by atoms with Crippen molar-refractivity contribution in [2.75, 3.05) is 13.2 Å². The van der Waals surface area contributed by atoms with E-state index in [1.54, 1.807) is 6.26 Å². The first-order valence-electron chi connectivity index (χ1n) is 7.04. The molecule has 0 saturated carbocycles. The molecule has 0 unspecified atom stereocenters. The van der Waals surface area contributed by atoms with Crippen molar-refractivity contribution in [3.05, 3.63) is 59.9 Å². The number of ether oxygens (including phenoxy) is 2. The van der Waals surface area contributed by atoms with Gasteiger partial charge in [0.05, 0.1) is 6.26 Å². The molecule has 3 nitrogen and oxygen atoms in total. The van der Waals surface area contributed by atoms with Crippen molar-refractivity contribution in [3.8, 4) is 11.5 Å². The van der Waals surface area contributed by atoms with Crippen molar-refractivity contribution in [1.82, 2.24) is 0 Å². The van der Waals surface area contributed by atoms with Gasteiger partial charge in [0, 0.05) is 5.39 Å². The van der Waals surface area contributed by atoms with Crippen molar-refractivity contribution in [1.29, 1.82) is 0 Å². The lowest BCUT2D eigenvalue weighted by Gasteiger charge is -2.19. The molecule has 1 aromatic heterocycles. The summed E-state index contributed by atoms with van der Waals surface area (Å²) in [6, 6.07) is 14.0.